The maximum absolute atomic E-state index is 13.2. The van der Waals surface area contributed by atoms with Crippen LogP contribution in [0.5, 0.6) is 0 Å². The number of hydrogen-bond acceptors (Lipinski definition) is 4. The molecule has 0 fully saturated rings. The van der Waals surface area contributed by atoms with Crippen LogP contribution in [0.1, 0.15) is 27.3 Å². The van der Waals surface area contributed by atoms with Gasteiger partial charge in [0.1, 0.15) is 5.82 Å². The number of nitrogens with one attached hydrogen (secondary N) is 1. The number of benzene rings is 1. The van der Waals surface area contributed by atoms with E-state index in [2.05, 4.69) is 46.0 Å². The van der Waals surface area contributed by atoms with E-state index >= 15 is 0 Å². The van der Waals surface area contributed by atoms with Crippen molar-refractivity contribution in [3.05, 3.63) is 94.9 Å². The van der Waals surface area contributed by atoms with Gasteiger partial charge in [-0.05, 0) is 48.7 Å². The van der Waals surface area contributed by atoms with Gasteiger partial charge in [0.05, 0.1) is 35.0 Å². The van der Waals surface area contributed by atoms with Crippen molar-refractivity contribution < 1.29 is 4.79 Å². The molecule has 0 atom stereocenters. The average Bonchev–Trinajstić information content (AvgIpc) is 3.61. The molecule has 0 saturated carbocycles. The van der Waals surface area contributed by atoms with Crippen molar-refractivity contribution in [2.75, 3.05) is 0 Å². The second kappa shape index (κ2) is 7.35. The molecule has 158 valence electrons. The van der Waals surface area contributed by atoms with E-state index in [4.69, 9.17) is 5.10 Å². The fraction of sp³-hybridized carbons (Fsp3) is 0.125. The molecule has 1 aliphatic rings. The van der Waals surface area contributed by atoms with Gasteiger partial charge in [0.25, 0.3) is 5.91 Å². The third-order valence-corrected chi connectivity index (χ3v) is 6.63. The molecule has 1 aliphatic heterocycles. The summed E-state index contributed by atoms with van der Waals surface area (Å²) in [7, 11) is 0. The Morgan fingerprint density at radius 3 is 2.62 bits per heavy atom. The monoisotopic (exact) mass is 440 g/mol. The Kier molecular flexibility index (Phi) is 4.32. The zero-order chi connectivity index (χ0) is 21.7. The maximum Gasteiger partial charge on any atom is 0.275 e. The molecular weight excluding hydrogens is 420 g/mol. The van der Waals surface area contributed by atoms with Crippen LogP contribution in [0.25, 0.3) is 22.1 Å². The van der Waals surface area contributed by atoms with E-state index < -0.39 is 0 Å². The van der Waals surface area contributed by atoms with Gasteiger partial charge >= 0.3 is 0 Å². The molecule has 0 saturated heterocycles. The molecular formula is C24H20N6OS. The largest absolute Gasteiger partial charge is 0.327 e. The lowest BCUT2D eigenvalue weighted by atomic mass is 10.2. The summed E-state index contributed by atoms with van der Waals surface area (Å²) in [5.41, 5.74) is 5.46. The molecule has 1 amide bonds. The minimum Gasteiger partial charge on any atom is -0.327 e. The summed E-state index contributed by atoms with van der Waals surface area (Å²) in [5, 5.41) is 14.2. The van der Waals surface area contributed by atoms with Crippen molar-refractivity contribution in [2.24, 2.45) is 0 Å². The van der Waals surface area contributed by atoms with Crippen LogP contribution in [0.2, 0.25) is 0 Å². The van der Waals surface area contributed by atoms with Crippen LogP contribution in [0.4, 0.5) is 0 Å². The fourth-order valence-corrected chi connectivity index (χ4v) is 4.80. The zero-order valence-corrected chi connectivity index (χ0v) is 18.2. The predicted octanol–water partition coefficient (Wildman–Crippen LogP) is 4.58. The molecule has 0 aliphatic carbocycles. The molecule has 1 N–H and O–H groups in total. The molecule has 6 rings (SSSR count). The quantitative estimate of drug-likeness (QED) is 0.445. The van der Waals surface area contributed by atoms with Gasteiger partial charge in [-0.25, -0.2) is 4.68 Å². The standard InChI is InChI=1S/C24H20N6OS/c1-16-6-8-17(9-7-16)30-23(28-10-2-3-11-28)18-14-29(15-21(18)27-30)24(31)20-13-19(25-26-20)22-5-4-12-32-22/h2-13H,14-15H2,1H3,(H,25,26). The highest BCUT2D eigenvalue weighted by atomic mass is 32.1. The molecule has 0 spiro atoms. The number of hydrogen-bond donors (Lipinski definition) is 1. The number of fused-ring (bicyclic) bond motifs is 1. The van der Waals surface area contributed by atoms with E-state index in [9.17, 15) is 4.79 Å². The predicted molar refractivity (Wildman–Crippen MR) is 123 cm³/mol. The summed E-state index contributed by atoms with van der Waals surface area (Å²) in [6.45, 7) is 3.03. The van der Waals surface area contributed by atoms with Crippen LogP contribution in [0, 0.1) is 6.92 Å². The van der Waals surface area contributed by atoms with Crippen LogP contribution in [0.3, 0.4) is 0 Å². The molecule has 4 aromatic heterocycles. The Labute approximate surface area is 188 Å². The smallest absolute Gasteiger partial charge is 0.275 e. The molecule has 0 unspecified atom stereocenters. The maximum atomic E-state index is 13.2. The highest BCUT2D eigenvalue weighted by molar-refractivity contribution is 7.13. The highest BCUT2D eigenvalue weighted by Crippen LogP contribution is 2.32. The van der Waals surface area contributed by atoms with E-state index in [0.29, 0.717) is 18.8 Å². The topological polar surface area (TPSA) is 71.7 Å². The van der Waals surface area contributed by atoms with Crippen LogP contribution in [-0.4, -0.2) is 35.4 Å². The lowest BCUT2D eigenvalue weighted by Gasteiger charge is -2.16. The first kappa shape index (κ1) is 18.8. The molecule has 0 radical (unpaired) electrons. The Morgan fingerprint density at radius 2 is 1.88 bits per heavy atom. The average molecular weight is 441 g/mol. The van der Waals surface area contributed by atoms with E-state index in [1.54, 1.807) is 16.2 Å². The van der Waals surface area contributed by atoms with Gasteiger partial charge in [-0.15, -0.1) is 11.3 Å². The Morgan fingerprint density at radius 1 is 1.06 bits per heavy atom. The van der Waals surface area contributed by atoms with Gasteiger partial charge in [-0.3, -0.25) is 9.89 Å². The lowest BCUT2D eigenvalue weighted by molar-refractivity contribution is 0.0743. The van der Waals surface area contributed by atoms with Gasteiger partial charge in [-0.1, -0.05) is 23.8 Å². The second-order valence-corrected chi connectivity index (χ2v) is 8.84. The van der Waals surface area contributed by atoms with Crippen molar-refractivity contribution in [3.8, 4) is 22.1 Å². The van der Waals surface area contributed by atoms with Gasteiger partial charge in [0.15, 0.2) is 5.69 Å². The third-order valence-electron chi connectivity index (χ3n) is 5.73. The SMILES string of the molecule is Cc1ccc(-n2nc3c(c2-n2cccc2)CN(C(=O)c2cc(-c4cccs4)[nH]n2)C3)cc1. The first-order valence-electron chi connectivity index (χ1n) is 10.4. The van der Waals surface area contributed by atoms with Crippen molar-refractivity contribution >= 4 is 17.2 Å². The summed E-state index contributed by atoms with van der Waals surface area (Å²) in [6.07, 6.45) is 4.01. The highest BCUT2D eigenvalue weighted by Gasteiger charge is 2.32. The first-order chi connectivity index (χ1) is 15.7. The number of H-pyrrole nitrogens is 1. The summed E-state index contributed by atoms with van der Waals surface area (Å²) in [4.78, 5) is 16.1. The number of thiophene rings is 1. The minimum atomic E-state index is -0.0950. The van der Waals surface area contributed by atoms with E-state index in [0.717, 1.165) is 33.3 Å². The number of nitrogens with zero attached hydrogens (tertiary/aromatic N) is 5. The fourth-order valence-electron chi connectivity index (χ4n) is 4.10. The van der Waals surface area contributed by atoms with Crippen molar-refractivity contribution in [1.29, 1.82) is 0 Å². The Bertz CT molecular complexity index is 1390. The van der Waals surface area contributed by atoms with Gasteiger partial charge < -0.3 is 9.47 Å². The van der Waals surface area contributed by atoms with Gasteiger partial charge in [-0.2, -0.15) is 10.2 Å². The number of carbonyl (C=O) groups is 1. The van der Waals surface area contributed by atoms with Crippen LogP contribution in [-0.2, 0) is 13.1 Å². The summed E-state index contributed by atoms with van der Waals surface area (Å²) in [5.74, 6) is 0.868. The number of aromatic nitrogens is 5. The van der Waals surface area contributed by atoms with E-state index in [1.807, 2.05) is 52.8 Å². The van der Waals surface area contributed by atoms with Crippen LogP contribution in [0.15, 0.2) is 72.4 Å². The minimum absolute atomic E-state index is 0.0950. The summed E-state index contributed by atoms with van der Waals surface area (Å²) < 4.78 is 4.03. The van der Waals surface area contributed by atoms with E-state index in [1.165, 1.54) is 5.56 Å². The van der Waals surface area contributed by atoms with Gasteiger partial charge in [0.2, 0.25) is 0 Å². The van der Waals surface area contributed by atoms with Crippen molar-refractivity contribution in [3.63, 3.8) is 0 Å². The number of carbonyl (C=O) groups excluding carboxylic acids is 1. The molecule has 8 heteroatoms. The third kappa shape index (κ3) is 3.07. The van der Waals surface area contributed by atoms with Gasteiger partial charge in [0, 0.05) is 18.0 Å². The number of rotatable bonds is 4. The summed E-state index contributed by atoms with van der Waals surface area (Å²) >= 11 is 1.61. The molecule has 5 aromatic rings. The molecule has 0 bridgehead atoms. The number of aryl methyl sites for hydroxylation is 1. The van der Waals surface area contributed by atoms with Crippen LogP contribution >= 0.6 is 11.3 Å². The Balaban J connectivity index is 1.33. The molecule has 7 nitrogen and oxygen atoms in total. The number of aromatic amines is 1. The Hall–Kier alpha value is -3.91. The zero-order valence-electron chi connectivity index (χ0n) is 17.4. The molecule has 5 heterocycles. The van der Waals surface area contributed by atoms with Crippen molar-refractivity contribution in [2.45, 2.75) is 20.0 Å². The number of amides is 1. The molecule has 1 aromatic carbocycles. The first-order valence-corrected chi connectivity index (χ1v) is 11.2. The van der Waals surface area contributed by atoms with E-state index in [-0.39, 0.29) is 5.91 Å². The summed E-state index contributed by atoms with van der Waals surface area (Å²) in [6, 6.07) is 18.1. The normalized spacial score (nSPS) is 13.0. The van der Waals surface area contributed by atoms with Crippen LogP contribution < -0.4 is 0 Å². The van der Waals surface area contributed by atoms with Crippen molar-refractivity contribution in [1.82, 2.24) is 29.4 Å². The molecule has 32 heavy (non-hydrogen) atoms. The second-order valence-electron chi connectivity index (χ2n) is 7.89. The lowest BCUT2D eigenvalue weighted by Crippen LogP contribution is -2.26.